The Morgan fingerprint density at radius 1 is 0.655 bits per heavy atom. The first kappa shape index (κ1) is 41.4. The number of rotatable bonds is 9. The molecule has 58 heavy (non-hydrogen) atoms. The number of halogens is 5. The van der Waals surface area contributed by atoms with Crippen LogP contribution in [0.1, 0.15) is 67.7 Å². The largest absolute Gasteiger partial charge is 0.445 e. The molecule has 0 bridgehead atoms. The molecule has 1 aliphatic heterocycles. The van der Waals surface area contributed by atoms with Gasteiger partial charge < -0.3 is 19.3 Å². The minimum absolute atomic E-state index is 0.0906. The molecule has 0 aromatic heterocycles. The third kappa shape index (κ3) is 8.25. The summed E-state index contributed by atoms with van der Waals surface area (Å²) in [5.41, 5.74) is 4.39. The Balaban J connectivity index is 1.33. The first-order valence-corrected chi connectivity index (χ1v) is 18.6. The molecule has 8 nitrogen and oxygen atoms in total. The van der Waals surface area contributed by atoms with Crippen molar-refractivity contribution in [1.82, 2.24) is 4.90 Å². The highest BCUT2D eigenvalue weighted by Gasteiger charge is 2.41. The maximum Gasteiger partial charge on any atom is 0.411 e. The predicted molar refractivity (Wildman–Crippen MR) is 209 cm³/mol. The first-order chi connectivity index (χ1) is 27.6. The lowest BCUT2D eigenvalue weighted by atomic mass is 9.67. The second kappa shape index (κ2) is 17.1. The van der Waals surface area contributed by atoms with Gasteiger partial charge in [-0.05, 0) is 85.0 Å². The molecule has 0 unspecified atom stereocenters. The summed E-state index contributed by atoms with van der Waals surface area (Å²) < 4.78 is 82.6. The fourth-order valence-corrected chi connectivity index (χ4v) is 7.75. The molecule has 13 heteroatoms. The molecule has 1 fully saturated rings. The number of likely N-dealkylation sites (tertiary alicyclic amines) is 1. The van der Waals surface area contributed by atoms with E-state index in [2.05, 4.69) is 5.32 Å². The smallest absolute Gasteiger partial charge is 0.411 e. The molecular formula is C45H42F5N3O5. The fraction of sp³-hybridized carbons (Fsp3) is 0.267. The maximum absolute atomic E-state index is 14.7. The topological polar surface area (TPSA) is 88.2 Å². The van der Waals surface area contributed by atoms with Gasteiger partial charge in [-0.25, -0.2) is 31.5 Å². The van der Waals surface area contributed by atoms with Crippen molar-refractivity contribution in [3.05, 3.63) is 164 Å². The molecule has 1 saturated heterocycles. The average Bonchev–Trinajstić information content (AvgIpc) is 3.22. The summed E-state index contributed by atoms with van der Waals surface area (Å²) in [5, 5.41) is 2.87. The van der Waals surface area contributed by atoms with Crippen molar-refractivity contribution in [3.63, 3.8) is 0 Å². The van der Waals surface area contributed by atoms with Crippen molar-refractivity contribution in [1.29, 1.82) is 0 Å². The van der Waals surface area contributed by atoms with E-state index < -0.39 is 58.2 Å². The van der Waals surface area contributed by atoms with Crippen LogP contribution in [0.2, 0.25) is 0 Å². The minimum Gasteiger partial charge on any atom is -0.445 e. The van der Waals surface area contributed by atoms with Crippen molar-refractivity contribution >= 4 is 29.5 Å². The monoisotopic (exact) mass is 799 g/mol. The molecule has 5 aromatic rings. The highest BCUT2D eigenvalue weighted by molar-refractivity contribution is 6.07. The van der Waals surface area contributed by atoms with Gasteiger partial charge in [-0.15, -0.1) is 0 Å². The molecule has 3 amide bonds. The van der Waals surface area contributed by atoms with Crippen LogP contribution in [-0.2, 0) is 28.1 Å². The van der Waals surface area contributed by atoms with Gasteiger partial charge >= 0.3 is 12.2 Å². The van der Waals surface area contributed by atoms with Crippen molar-refractivity contribution in [3.8, 4) is 0 Å². The summed E-state index contributed by atoms with van der Waals surface area (Å²) in [6.45, 7) is 7.93. The third-order valence-corrected chi connectivity index (χ3v) is 10.7. The molecule has 1 N–H and O–H groups in total. The van der Waals surface area contributed by atoms with Gasteiger partial charge in [-0.2, -0.15) is 0 Å². The average molecular weight is 800 g/mol. The summed E-state index contributed by atoms with van der Waals surface area (Å²) >= 11 is 0. The van der Waals surface area contributed by atoms with E-state index >= 15 is 0 Å². The molecule has 0 saturated carbocycles. The Kier molecular flexibility index (Phi) is 12.2. The van der Waals surface area contributed by atoms with Crippen LogP contribution in [0.25, 0.3) is 0 Å². The van der Waals surface area contributed by atoms with Gasteiger partial charge in [0.05, 0.1) is 0 Å². The number of nitrogens with zero attached hydrogens (tertiary/aromatic N) is 2. The quantitative estimate of drug-likeness (QED) is 0.0911. The van der Waals surface area contributed by atoms with E-state index in [0.29, 0.717) is 42.7 Å². The van der Waals surface area contributed by atoms with Crippen LogP contribution in [0.4, 0.5) is 42.9 Å². The Hall–Kier alpha value is -6.24. The summed E-state index contributed by atoms with van der Waals surface area (Å²) in [6.07, 6.45) is -0.202. The van der Waals surface area contributed by atoms with E-state index in [4.69, 9.17) is 9.47 Å². The lowest BCUT2D eigenvalue weighted by Gasteiger charge is -2.43. The van der Waals surface area contributed by atoms with Gasteiger partial charge in [0, 0.05) is 36.9 Å². The summed E-state index contributed by atoms with van der Waals surface area (Å²) in [5.74, 6) is -12.6. The Morgan fingerprint density at radius 3 is 1.57 bits per heavy atom. The van der Waals surface area contributed by atoms with E-state index in [-0.39, 0.29) is 18.9 Å². The standard InChI is InChI=1S/C45H42F5N3O5/c1-26-20-32(21-27(2)40(26)51-43(55)57-24-30-12-8-6-9-13-30)45(16-18-53(19-17-45)44(56)58-25-31-14-10-7-11-15-31)33-22-28(3)41(29(4)23-33)52(5)42(54)34-35(46)37(48)39(50)38(49)36(34)47/h6-15,20-23H,16-19,24-25H2,1-5H3,(H,51,55). The number of carbonyl (C=O) groups excluding carboxylic acids is 3. The van der Waals surface area contributed by atoms with Crippen LogP contribution in [-0.4, -0.2) is 43.1 Å². The number of hydrogen-bond donors (Lipinski definition) is 1. The number of benzene rings is 5. The second-order valence-electron chi connectivity index (χ2n) is 14.5. The molecule has 0 spiro atoms. The SMILES string of the molecule is Cc1cc(C2(c3cc(C)c(N(C)C(=O)c4c(F)c(F)c(F)c(F)c4F)c(C)c3)CCN(C(=O)OCc3ccccc3)CC2)cc(C)c1NC(=O)OCc1ccccc1. The molecular weight excluding hydrogens is 758 g/mol. The van der Waals surface area contributed by atoms with E-state index in [1.165, 1.54) is 7.05 Å². The van der Waals surface area contributed by atoms with Gasteiger partial charge in [0.2, 0.25) is 5.82 Å². The van der Waals surface area contributed by atoms with Crippen LogP contribution in [0.5, 0.6) is 0 Å². The van der Waals surface area contributed by atoms with E-state index in [9.17, 15) is 36.3 Å². The van der Waals surface area contributed by atoms with Gasteiger partial charge in [0.1, 0.15) is 18.8 Å². The van der Waals surface area contributed by atoms with Crippen molar-refractivity contribution in [2.45, 2.75) is 59.2 Å². The Bertz CT molecular complexity index is 2290. The summed E-state index contributed by atoms with van der Waals surface area (Å²) in [4.78, 5) is 42.1. The molecule has 0 radical (unpaired) electrons. The zero-order valence-electron chi connectivity index (χ0n) is 32.7. The van der Waals surface area contributed by atoms with Crippen LogP contribution < -0.4 is 10.2 Å². The highest BCUT2D eigenvalue weighted by Crippen LogP contribution is 2.45. The molecule has 1 heterocycles. The normalized spacial score (nSPS) is 13.5. The van der Waals surface area contributed by atoms with Crippen molar-refractivity contribution in [2.24, 2.45) is 0 Å². The fourth-order valence-electron chi connectivity index (χ4n) is 7.75. The van der Waals surface area contributed by atoms with Gasteiger partial charge in [-0.1, -0.05) is 84.9 Å². The van der Waals surface area contributed by atoms with Crippen LogP contribution in [0.3, 0.4) is 0 Å². The molecule has 6 rings (SSSR count). The third-order valence-electron chi connectivity index (χ3n) is 10.7. The number of hydrogen-bond acceptors (Lipinski definition) is 5. The van der Waals surface area contributed by atoms with E-state index in [1.54, 1.807) is 18.7 Å². The molecule has 302 valence electrons. The lowest BCUT2D eigenvalue weighted by Crippen LogP contribution is -2.46. The summed E-state index contributed by atoms with van der Waals surface area (Å²) in [7, 11) is 1.20. The number of carbonyl (C=O) groups is 3. The number of ether oxygens (including phenoxy) is 2. The molecule has 1 aliphatic rings. The first-order valence-electron chi connectivity index (χ1n) is 18.6. The van der Waals surface area contributed by atoms with Crippen LogP contribution in [0, 0.1) is 56.8 Å². The van der Waals surface area contributed by atoms with Gasteiger partial charge in [0.15, 0.2) is 23.3 Å². The summed E-state index contributed by atoms with van der Waals surface area (Å²) in [6, 6.07) is 26.2. The zero-order chi connectivity index (χ0) is 41.9. The zero-order valence-corrected chi connectivity index (χ0v) is 32.7. The number of aryl methyl sites for hydroxylation is 4. The Morgan fingerprint density at radius 2 is 1.09 bits per heavy atom. The highest BCUT2D eigenvalue weighted by atomic mass is 19.2. The van der Waals surface area contributed by atoms with Crippen LogP contribution in [0.15, 0.2) is 84.9 Å². The van der Waals surface area contributed by atoms with Crippen molar-refractivity contribution in [2.75, 3.05) is 30.4 Å². The number of piperidine rings is 1. The molecule has 0 aliphatic carbocycles. The van der Waals surface area contributed by atoms with Gasteiger partial charge in [-0.3, -0.25) is 10.1 Å². The predicted octanol–water partition coefficient (Wildman–Crippen LogP) is 10.4. The number of amides is 3. The molecule has 0 atom stereocenters. The van der Waals surface area contributed by atoms with Gasteiger partial charge in [0.25, 0.3) is 5.91 Å². The Labute approximate surface area is 333 Å². The van der Waals surface area contributed by atoms with Crippen molar-refractivity contribution < 1.29 is 45.8 Å². The number of anilines is 2. The number of nitrogens with one attached hydrogen (secondary N) is 1. The molecule has 5 aromatic carbocycles. The van der Waals surface area contributed by atoms with Crippen LogP contribution >= 0.6 is 0 Å². The maximum atomic E-state index is 14.7. The second-order valence-corrected chi connectivity index (χ2v) is 14.5. The lowest BCUT2D eigenvalue weighted by molar-refractivity contribution is 0.0813. The van der Waals surface area contributed by atoms with E-state index in [1.807, 2.05) is 98.8 Å². The van der Waals surface area contributed by atoms with E-state index in [0.717, 1.165) is 38.3 Å². The minimum atomic E-state index is -2.36.